The third-order valence-electron chi connectivity index (χ3n) is 9.90. The van der Waals surface area contributed by atoms with E-state index in [0.717, 1.165) is 18.4 Å². The van der Waals surface area contributed by atoms with Gasteiger partial charge in [0, 0.05) is 29.9 Å². The maximum Gasteiger partial charge on any atom is 0.283 e. The number of alkyl halides is 4. The van der Waals surface area contributed by atoms with E-state index in [1.807, 2.05) is 0 Å². The van der Waals surface area contributed by atoms with Crippen molar-refractivity contribution in [2.75, 3.05) is 11.0 Å². The fourth-order valence-corrected chi connectivity index (χ4v) is 9.97. The van der Waals surface area contributed by atoms with Crippen LogP contribution < -0.4 is 10.0 Å². The molecule has 22 heteroatoms. The molecule has 5 aromatic rings. The Kier molecular flexibility index (Phi) is 12.4. The van der Waals surface area contributed by atoms with E-state index in [2.05, 4.69) is 20.2 Å². The third-order valence-corrected chi connectivity index (χ3v) is 14.3. The van der Waals surface area contributed by atoms with Crippen molar-refractivity contribution in [3.8, 4) is 11.1 Å². The van der Waals surface area contributed by atoms with E-state index in [-0.39, 0.29) is 57.8 Å². The number of sulfonamides is 1. The molecule has 2 N–H and O–H groups in total. The number of hydrogen-bond acceptors (Lipinski definition) is 8. The molecule has 1 amide bonds. The molecule has 1 saturated carbocycles. The summed E-state index contributed by atoms with van der Waals surface area (Å²) in [5.74, 6) is -3.10. The lowest BCUT2D eigenvalue weighted by molar-refractivity contribution is -0.122. The lowest BCUT2D eigenvalue weighted by atomic mass is 9.93. The predicted octanol–water partition coefficient (Wildman–Crippen LogP) is 8.05. The lowest BCUT2D eigenvalue weighted by Crippen LogP contribution is -2.35. The van der Waals surface area contributed by atoms with Crippen molar-refractivity contribution in [3.05, 3.63) is 92.5 Å². The summed E-state index contributed by atoms with van der Waals surface area (Å²) in [5, 5.41) is 9.22. The Hall–Kier alpha value is -4.40. The van der Waals surface area contributed by atoms with E-state index < -0.39 is 89.2 Å². The molecule has 0 spiro atoms. The van der Waals surface area contributed by atoms with Crippen LogP contribution in [0.15, 0.2) is 42.5 Å². The average Bonchev–Trinajstić information content (AvgIpc) is 3.86. The molecule has 59 heavy (non-hydrogen) atoms. The minimum atomic E-state index is -3.86. The number of aromatic nitrogens is 5. The number of halogens is 8. The van der Waals surface area contributed by atoms with E-state index in [9.17, 15) is 48.0 Å². The first-order valence-corrected chi connectivity index (χ1v) is 22.1. The van der Waals surface area contributed by atoms with E-state index >= 15 is 0 Å². The van der Waals surface area contributed by atoms with Gasteiger partial charge in [-0.25, -0.2) is 43.2 Å². The molecule has 1 aliphatic carbocycles. The first kappa shape index (κ1) is 44.2. The molecule has 1 aliphatic rings. The molecule has 0 unspecified atom stereocenters. The van der Waals surface area contributed by atoms with Crippen LogP contribution in [-0.4, -0.2) is 63.5 Å². The van der Waals surface area contributed by atoms with Crippen LogP contribution in [0, 0.1) is 11.6 Å². The second-order valence-corrected chi connectivity index (χ2v) is 20.2. The van der Waals surface area contributed by atoms with Gasteiger partial charge in [0.2, 0.25) is 15.9 Å². The van der Waals surface area contributed by atoms with Gasteiger partial charge >= 0.3 is 0 Å². The van der Waals surface area contributed by atoms with Crippen LogP contribution in [0.3, 0.4) is 0 Å². The zero-order valence-corrected chi connectivity index (χ0v) is 34.9. The molecule has 0 radical (unpaired) electrons. The zero-order chi connectivity index (χ0) is 43.4. The number of carbonyl (C=O) groups excluding carboxylic acids is 1. The maximum atomic E-state index is 14.6. The second-order valence-electron chi connectivity index (χ2n) is 14.8. The fourth-order valence-electron chi connectivity index (χ4n) is 6.89. The Morgan fingerprint density at radius 3 is 2.17 bits per heavy atom. The van der Waals surface area contributed by atoms with Gasteiger partial charge < -0.3 is 5.32 Å². The summed E-state index contributed by atoms with van der Waals surface area (Å²) in [6.45, 7) is 2.18. The Labute approximate surface area is 345 Å². The van der Waals surface area contributed by atoms with Crippen LogP contribution in [0.25, 0.3) is 22.0 Å². The smallest absolute Gasteiger partial charge is 0.283 e. The highest BCUT2D eigenvalue weighted by Gasteiger charge is 2.45. The predicted molar refractivity (Wildman–Crippen MR) is 210 cm³/mol. The van der Waals surface area contributed by atoms with E-state index in [0.29, 0.717) is 34.8 Å². The van der Waals surface area contributed by atoms with Crippen LogP contribution in [-0.2, 0) is 51.1 Å². The number of sulfone groups is 1. The van der Waals surface area contributed by atoms with Crippen molar-refractivity contribution < 1.29 is 48.0 Å². The summed E-state index contributed by atoms with van der Waals surface area (Å²) in [6, 6.07) is 7.50. The number of hydrogen-bond donors (Lipinski definition) is 2. The molecule has 0 saturated heterocycles. The SMILES string of the molecule is Cn1nc(NS(C)(=O)=O)c2c(Cl)ccc(-c3ccc(CCC(C)(C)S(=O)(=O)C4CC4)nc3[C@H](Cc3cc(F)cc(F)c3)NC(=O)Cn3nc(C(F)F)c(Cl)c3C(F)F)c21. The Bertz CT molecular complexity index is 2650. The largest absolute Gasteiger partial charge is 0.346 e. The number of fused-ring (bicyclic) bond motifs is 1. The average molecular weight is 909 g/mol. The number of aryl methyl sites for hydroxylation is 2. The van der Waals surface area contributed by atoms with Crippen LogP contribution in [0.2, 0.25) is 10.0 Å². The first-order valence-electron chi connectivity index (χ1n) is 17.9. The number of nitrogens with one attached hydrogen (secondary N) is 2. The quantitative estimate of drug-likeness (QED) is 0.0942. The fraction of sp³-hybridized carbons (Fsp3) is 0.405. The van der Waals surface area contributed by atoms with Crippen molar-refractivity contribution in [1.82, 2.24) is 29.9 Å². The van der Waals surface area contributed by atoms with Gasteiger partial charge in [-0.1, -0.05) is 35.3 Å². The third kappa shape index (κ3) is 9.49. The van der Waals surface area contributed by atoms with Gasteiger partial charge in [0.25, 0.3) is 12.9 Å². The summed E-state index contributed by atoms with van der Waals surface area (Å²) < 4.78 is 139. The van der Waals surface area contributed by atoms with Crippen LogP contribution in [0.5, 0.6) is 0 Å². The normalized spacial score (nSPS) is 14.4. The van der Waals surface area contributed by atoms with Gasteiger partial charge in [-0.15, -0.1) is 0 Å². The molecule has 12 nitrogen and oxygen atoms in total. The number of nitrogens with zero attached hydrogens (tertiary/aromatic N) is 5. The Morgan fingerprint density at radius 2 is 1.58 bits per heavy atom. The maximum absolute atomic E-state index is 14.6. The highest BCUT2D eigenvalue weighted by Crippen LogP contribution is 2.42. The van der Waals surface area contributed by atoms with Gasteiger partial charge in [-0.2, -0.15) is 10.2 Å². The van der Waals surface area contributed by atoms with Crippen molar-refractivity contribution in [2.45, 2.75) is 81.4 Å². The van der Waals surface area contributed by atoms with Gasteiger partial charge in [0.1, 0.15) is 29.6 Å². The topological polar surface area (TPSA) is 158 Å². The lowest BCUT2D eigenvalue weighted by Gasteiger charge is -2.26. The van der Waals surface area contributed by atoms with Crippen LogP contribution >= 0.6 is 23.2 Å². The minimum absolute atomic E-state index is 0.0134. The number of pyridine rings is 1. The molecule has 0 aliphatic heterocycles. The van der Waals surface area contributed by atoms with Crippen molar-refractivity contribution in [1.29, 1.82) is 0 Å². The molecule has 3 aromatic heterocycles. The van der Waals surface area contributed by atoms with Gasteiger partial charge in [-0.05, 0) is 75.8 Å². The summed E-state index contributed by atoms with van der Waals surface area (Å²) in [4.78, 5) is 18.7. The molecule has 1 atom stereocenters. The molecular weight excluding hydrogens is 871 g/mol. The second kappa shape index (κ2) is 16.6. The molecule has 318 valence electrons. The Morgan fingerprint density at radius 1 is 0.932 bits per heavy atom. The monoisotopic (exact) mass is 907 g/mol. The molecule has 3 heterocycles. The Balaban J connectivity index is 1.52. The number of benzene rings is 2. The molecular formula is C37H37Cl2F6N7O5S2. The number of rotatable bonds is 16. The van der Waals surface area contributed by atoms with Crippen molar-refractivity contribution in [2.24, 2.45) is 7.05 Å². The molecule has 0 bridgehead atoms. The summed E-state index contributed by atoms with van der Waals surface area (Å²) in [5.41, 5.74) is -1.05. The van der Waals surface area contributed by atoms with Crippen molar-refractivity contribution in [3.63, 3.8) is 0 Å². The number of anilines is 1. The highest BCUT2D eigenvalue weighted by atomic mass is 35.5. The molecule has 1 fully saturated rings. The summed E-state index contributed by atoms with van der Waals surface area (Å²) in [6.07, 6.45) is -4.88. The summed E-state index contributed by atoms with van der Waals surface area (Å²) >= 11 is 12.4. The number of carbonyl (C=O) groups is 1. The van der Waals surface area contributed by atoms with E-state index in [1.54, 1.807) is 32.0 Å². The standard InChI is InChI=1S/C37H37Cl2F6N7O5S2/c1-37(2,59(56,57)22-6-7-22)12-11-21-5-8-23(24-9-10-25(38)28-32(24)51(3)49-36(28)50-58(4,54)55)30(46-21)26(15-18-13-19(40)16-20(41)14-18)47-27(53)17-52-33(35(44)45)29(39)31(48-52)34(42)43/h5,8-10,13-14,16,22,26,34-35H,6-7,11-12,15,17H2,1-4H3,(H,47,53)(H,49,50)/t26-/m0/s1. The van der Waals surface area contributed by atoms with E-state index in [4.69, 9.17) is 28.2 Å². The summed E-state index contributed by atoms with van der Waals surface area (Å²) in [7, 11) is -5.86. The zero-order valence-electron chi connectivity index (χ0n) is 31.7. The van der Waals surface area contributed by atoms with Gasteiger partial charge in [0.05, 0.1) is 48.9 Å². The van der Waals surface area contributed by atoms with Gasteiger partial charge in [-0.3, -0.25) is 23.9 Å². The number of amides is 1. The van der Waals surface area contributed by atoms with E-state index in [1.165, 1.54) is 17.8 Å². The molecule has 6 rings (SSSR count). The van der Waals surface area contributed by atoms with Gasteiger partial charge in [0.15, 0.2) is 15.7 Å². The van der Waals surface area contributed by atoms with Crippen LogP contribution in [0.4, 0.5) is 32.2 Å². The minimum Gasteiger partial charge on any atom is -0.346 e. The highest BCUT2D eigenvalue weighted by molar-refractivity contribution is 7.93. The van der Waals surface area contributed by atoms with Crippen LogP contribution in [0.1, 0.15) is 80.3 Å². The first-order chi connectivity index (χ1) is 27.5. The molecule has 2 aromatic carbocycles. The van der Waals surface area contributed by atoms with Crippen molar-refractivity contribution >= 4 is 65.7 Å².